The Bertz CT molecular complexity index is 472. The molecule has 0 aliphatic carbocycles. The summed E-state index contributed by atoms with van der Waals surface area (Å²) in [6, 6.07) is 9.79. The van der Waals surface area contributed by atoms with E-state index in [1.807, 2.05) is 30.3 Å². The summed E-state index contributed by atoms with van der Waals surface area (Å²) in [6.45, 7) is 2.88. The van der Waals surface area contributed by atoms with Gasteiger partial charge in [-0.1, -0.05) is 30.3 Å². The molecule has 0 saturated heterocycles. The molecule has 18 heavy (non-hydrogen) atoms. The summed E-state index contributed by atoms with van der Waals surface area (Å²) in [5, 5.41) is 4.51. The van der Waals surface area contributed by atoms with Crippen LogP contribution in [0.25, 0.3) is 11.5 Å². The number of aromatic nitrogens is 2. The van der Waals surface area contributed by atoms with Crippen molar-refractivity contribution in [3.05, 3.63) is 36.2 Å². The lowest BCUT2D eigenvalue weighted by Crippen LogP contribution is -2.07. The lowest BCUT2D eigenvalue weighted by Gasteiger charge is -2.06. The number of hydrogen-bond donors (Lipinski definition) is 1. The second-order valence-corrected chi connectivity index (χ2v) is 5.51. The molecular formula is C13H17N3OS. The van der Waals surface area contributed by atoms with E-state index in [0.29, 0.717) is 11.1 Å². The van der Waals surface area contributed by atoms with Crippen LogP contribution >= 0.6 is 11.8 Å². The summed E-state index contributed by atoms with van der Waals surface area (Å²) in [4.78, 5) is 4.38. The van der Waals surface area contributed by atoms with E-state index < -0.39 is 0 Å². The van der Waals surface area contributed by atoms with E-state index >= 15 is 0 Å². The lowest BCUT2D eigenvalue weighted by molar-refractivity contribution is 0.425. The van der Waals surface area contributed by atoms with Crippen molar-refractivity contribution in [3.63, 3.8) is 0 Å². The highest BCUT2D eigenvalue weighted by Crippen LogP contribution is 2.21. The first kappa shape index (κ1) is 13.1. The average Bonchev–Trinajstić information content (AvgIpc) is 2.87. The Labute approximate surface area is 111 Å². The minimum Gasteiger partial charge on any atom is -0.334 e. The van der Waals surface area contributed by atoms with E-state index in [0.717, 1.165) is 30.1 Å². The fourth-order valence-electron chi connectivity index (χ4n) is 1.55. The summed E-state index contributed by atoms with van der Waals surface area (Å²) >= 11 is 1.80. The fraction of sp³-hybridized carbons (Fsp3) is 0.385. The maximum Gasteiger partial charge on any atom is 0.257 e. The molecule has 0 fully saturated rings. The Morgan fingerprint density at radius 2 is 2.11 bits per heavy atom. The molecule has 1 unspecified atom stereocenters. The number of hydrogen-bond acceptors (Lipinski definition) is 5. The van der Waals surface area contributed by atoms with Gasteiger partial charge >= 0.3 is 0 Å². The average molecular weight is 263 g/mol. The second-order valence-electron chi connectivity index (χ2n) is 4.08. The first-order valence-electron chi connectivity index (χ1n) is 5.99. The molecule has 0 bridgehead atoms. The van der Waals surface area contributed by atoms with Crippen LogP contribution in [0, 0.1) is 0 Å². The monoisotopic (exact) mass is 263 g/mol. The van der Waals surface area contributed by atoms with Crippen molar-refractivity contribution in [2.75, 3.05) is 6.54 Å². The zero-order valence-corrected chi connectivity index (χ0v) is 11.2. The van der Waals surface area contributed by atoms with Crippen LogP contribution < -0.4 is 5.73 Å². The quantitative estimate of drug-likeness (QED) is 0.868. The molecule has 0 aliphatic heterocycles. The summed E-state index contributed by atoms with van der Waals surface area (Å²) in [7, 11) is 0. The van der Waals surface area contributed by atoms with Crippen LogP contribution in [-0.4, -0.2) is 21.9 Å². The van der Waals surface area contributed by atoms with Gasteiger partial charge in [0.25, 0.3) is 5.89 Å². The number of nitrogens with two attached hydrogens (primary N) is 1. The van der Waals surface area contributed by atoms with Crippen molar-refractivity contribution < 1.29 is 4.52 Å². The molecule has 0 saturated carbocycles. The zero-order chi connectivity index (χ0) is 12.8. The molecule has 1 aromatic carbocycles. The van der Waals surface area contributed by atoms with Crippen molar-refractivity contribution in [3.8, 4) is 11.5 Å². The third-order valence-electron chi connectivity index (χ3n) is 2.56. The first-order chi connectivity index (χ1) is 8.79. The van der Waals surface area contributed by atoms with Gasteiger partial charge in [-0.25, -0.2) is 0 Å². The minimum atomic E-state index is 0.522. The van der Waals surface area contributed by atoms with Crippen LogP contribution in [0.5, 0.6) is 0 Å². The van der Waals surface area contributed by atoms with Crippen LogP contribution in [0.4, 0.5) is 0 Å². The van der Waals surface area contributed by atoms with Crippen LogP contribution in [0.15, 0.2) is 34.9 Å². The van der Waals surface area contributed by atoms with Crippen molar-refractivity contribution in [1.82, 2.24) is 10.1 Å². The van der Waals surface area contributed by atoms with Gasteiger partial charge in [-0.2, -0.15) is 16.7 Å². The Kier molecular flexibility index (Phi) is 4.78. The van der Waals surface area contributed by atoms with Crippen LogP contribution in [-0.2, 0) is 5.75 Å². The Hall–Kier alpha value is -1.33. The molecule has 1 heterocycles. The largest absolute Gasteiger partial charge is 0.334 e. The Morgan fingerprint density at radius 1 is 1.33 bits per heavy atom. The molecule has 2 N–H and O–H groups in total. The molecular weight excluding hydrogens is 246 g/mol. The normalized spacial score (nSPS) is 12.6. The van der Waals surface area contributed by atoms with Crippen molar-refractivity contribution >= 4 is 11.8 Å². The highest BCUT2D eigenvalue weighted by Gasteiger charge is 2.09. The van der Waals surface area contributed by atoms with Crippen molar-refractivity contribution in [1.29, 1.82) is 0 Å². The van der Waals surface area contributed by atoms with Crippen molar-refractivity contribution in [2.45, 2.75) is 24.3 Å². The maximum atomic E-state index is 5.52. The van der Waals surface area contributed by atoms with E-state index in [-0.39, 0.29) is 0 Å². The molecule has 2 aromatic rings. The molecule has 2 rings (SSSR count). The van der Waals surface area contributed by atoms with Gasteiger partial charge in [0.1, 0.15) is 0 Å². The molecule has 0 spiro atoms. The molecule has 5 heteroatoms. The molecule has 4 nitrogen and oxygen atoms in total. The van der Waals surface area contributed by atoms with Gasteiger partial charge in [-0.15, -0.1) is 0 Å². The molecule has 1 atom stereocenters. The predicted octanol–water partition coefficient (Wildman–Crippen LogP) is 2.71. The molecule has 96 valence electrons. The van der Waals surface area contributed by atoms with E-state index in [2.05, 4.69) is 17.1 Å². The van der Waals surface area contributed by atoms with Gasteiger partial charge < -0.3 is 10.3 Å². The second kappa shape index (κ2) is 6.56. The van der Waals surface area contributed by atoms with Gasteiger partial charge in [0.05, 0.1) is 5.75 Å². The van der Waals surface area contributed by atoms with Gasteiger partial charge in [0.15, 0.2) is 5.82 Å². The van der Waals surface area contributed by atoms with E-state index in [9.17, 15) is 0 Å². The van der Waals surface area contributed by atoms with E-state index in [1.165, 1.54) is 0 Å². The van der Waals surface area contributed by atoms with Gasteiger partial charge in [-0.05, 0) is 25.1 Å². The number of rotatable bonds is 6. The van der Waals surface area contributed by atoms with Crippen molar-refractivity contribution in [2.24, 2.45) is 5.73 Å². The van der Waals surface area contributed by atoms with Crippen LogP contribution in [0.2, 0.25) is 0 Å². The summed E-state index contributed by atoms with van der Waals surface area (Å²) in [5.74, 6) is 2.08. The molecule has 0 amide bonds. The Balaban J connectivity index is 1.95. The lowest BCUT2D eigenvalue weighted by atomic mass is 10.2. The van der Waals surface area contributed by atoms with Gasteiger partial charge in [0.2, 0.25) is 0 Å². The third-order valence-corrected chi connectivity index (χ3v) is 3.79. The number of nitrogens with zero attached hydrogens (tertiary/aromatic N) is 2. The van der Waals surface area contributed by atoms with Gasteiger partial charge in [0, 0.05) is 10.8 Å². The fourth-order valence-corrected chi connectivity index (χ4v) is 2.40. The zero-order valence-electron chi connectivity index (χ0n) is 10.4. The maximum absolute atomic E-state index is 5.52. The highest BCUT2D eigenvalue weighted by atomic mass is 32.2. The molecule has 1 aromatic heterocycles. The van der Waals surface area contributed by atoms with E-state index in [1.54, 1.807) is 11.8 Å². The minimum absolute atomic E-state index is 0.522. The topological polar surface area (TPSA) is 64.9 Å². The molecule has 0 aliphatic rings. The Morgan fingerprint density at radius 3 is 2.83 bits per heavy atom. The van der Waals surface area contributed by atoms with Crippen LogP contribution in [0.3, 0.4) is 0 Å². The summed E-state index contributed by atoms with van der Waals surface area (Å²) in [6.07, 6.45) is 1.01. The third kappa shape index (κ3) is 3.58. The smallest absolute Gasteiger partial charge is 0.257 e. The van der Waals surface area contributed by atoms with Crippen LogP contribution in [0.1, 0.15) is 19.2 Å². The van der Waals surface area contributed by atoms with Gasteiger partial charge in [-0.3, -0.25) is 0 Å². The SMILES string of the molecule is CC(CCN)SCc1noc(-c2ccccc2)n1. The first-order valence-corrected chi connectivity index (χ1v) is 7.04. The number of benzene rings is 1. The predicted molar refractivity (Wildman–Crippen MR) is 74.2 cm³/mol. The standard InChI is InChI=1S/C13H17N3OS/c1-10(7-8-14)18-9-12-15-13(17-16-12)11-5-3-2-4-6-11/h2-6,10H,7-9,14H2,1H3. The van der Waals surface area contributed by atoms with E-state index in [4.69, 9.17) is 10.3 Å². The molecule has 0 radical (unpaired) electrons. The summed E-state index contributed by atoms with van der Waals surface area (Å²) < 4.78 is 5.24. The summed E-state index contributed by atoms with van der Waals surface area (Å²) in [5.41, 5.74) is 6.47. The highest BCUT2D eigenvalue weighted by molar-refractivity contribution is 7.99. The number of thioether (sulfide) groups is 1.